The van der Waals surface area contributed by atoms with E-state index in [4.69, 9.17) is 0 Å². The first-order valence-electron chi connectivity index (χ1n) is 6.75. The van der Waals surface area contributed by atoms with Crippen LogP contribution in [0.5, 0.6) is 0 Å². The number of carbonyl (C=O) groups is 1. The summed E-state index contributed by atoms with van der Waals surface area (Å²) < 4.78 is 0. The lowest BCUT2D eigenvalue weighted by atomic mass is 10.1. The number of rotatable bonds is 9. The van der Waals surface area contributed by atoms with Gasteiger partial charge in [-0.15, -0.1) is 0 Å². The fraction of sp³-hybridized carbons (Fsp3) is 0.923. The second-order valence-corrected chi connectivity index (χ2v) is 5.33. The van der Waals surface area contributed by atoms with Gasteiger partial charge >= 0.3 is 0 Å². The van der Waals surface area contributed by atoms with E-state index in [1.54, 1.807) is 6.92 Å². The number of Topliss-reactive ketones (excluding diaryl/α,β-unsaturated/α-hetero) is 1. The summed E-state index contributed by atoms with van der Waals surface area (Å²) in [6.07, 6.45) is 8.60. The smallest absolute Gasteiger partial charge is 0.146 e. The van der Waals surface area contributed by atoms with Gasteiger partial charge in [-0.1, -0.05) is 6.42 Å². The Kier molecular flexibility index (Phi) is 4.36. The minimum Gasteiger partial charge on any atom is -0.314 e. The maximum Gasteiger partial charge on any atom is 0.146 e. The highest BCUT2D eigenvalue weighted by Gasteiger charge is 2.26. The Labute approximate surface area is 98.4 Å². The fourth-order valence-corrected chi connectivity index (χ4v) is 2.01. The number of nitrogens with one attached hydrogen (secondary N) is 2. The first-order valence-corrected chi connectivity index (χ1v) is 6.75. The van der Waals surface area contributed by atoms with Crippen LogP contribution in [0.15, 0.2) is 0 Å². The molecule has 0 heterocycles. The average Bonchev–Trinajstić information content (AvgIpc) is 3.10. The highest BCUT2D eigenvalue weighted by Crippen LogP contribution is 2.21. The van der Waals surface area contributed by atoms with Crippen LogP contribution in [-0.4, -0.2) is 30.5 Å². The van der Waals surface area contributed by atoms with Gasteiger partial charge in [-0.25, -0.2) is 0 Å². The van der Waals surface area contributed by atoms with Gasteiger partial charge in [-0.2, -0.15) is 0 Å². The molecule has 92 valence electrons. The molecule has 0 aliphatic heterocycles. The van der Waals surface area contributed by atoms with Gasteiger partial charge in [0.1, 0.15) is 5.78 Å². The van der Waals surface area contributed by atoms with E-state index in [0.29, 0.717) is 11.8 Å². The molecule has 0 spiro atoms. The molecule has 2 fully saturated rings. The molecule has 16 heavy (non-hydrogen) atoms. The number of ketones is 1. The van der Waals surface area contributed by atoms with Crippen molar-refractivity contribution >= 4 is 5.78 Å². The number of carbonyl (C=O) groups excluding carboxylic acids is 1. The normalized spacial score (nSPS) is 22.1. The van der Waals surface area contributed by atoms with E-state index >= 15 is 0 Å². The van der Waals surface area contributed by atoms with E-state index in [0.717, 1.165) is 25.4 Å². The quantitative estimate of drug-likeness (QED) is 0.585. The molecule has 2 saturated carbocycles. The van der Waals surface area contributed by atoms with Crippen molar-refractivity contribution in [2.75, 3.05) is 6.54 Å². The average molecular weight is 224 g/mol. The minimum atomic E-state index is 0.119. The van der Waals surface area contributed by atoms with Crippen molar-refractivity contribution in [3.63, 3.8) is 0 Å². The van der Waals surface area contributed by atoms with Crippen molar-refractivity contribution in [2.24, 2.45) is 0 Å². The third-order valence-corrected chi connectivity index (χ3v) is 3.43. The Morgan fingerprint density at radius 2 is 1.88 bits per heavy atom. The largest absolute Gasteiger partial charge is 0.314 e. The number of hydrogen-bond donors (Lipinski definition) is 2. The van der Waals surface area contributed by atoms with Gasteiger partial charge in [-0.05, 0) is 52.0 Å². The second kappa shape index (κ2) is 5.78. The maximum absolute atomic E-state index is 11.4. The predicted octanol–water partition coefficient (Wildman–Crippen LogP) is 1.62. The lowest BCUT2D eigenvalue weighted by Crippen LogP contribution is -2.36. The van der Waals surface area contributed by atoms with Crippen LogP contribution in [0.1, 0.15) is 51.9 Å². The van der Waals surface area contributed by atoms with Crippen LogP contribution in [0.2, 0.25) is 0 Å². The number of unbranched alkanes of at least 4 members (excludes halogenated alkanes) is 1. The van der Waals surface area contributed by atoms with Crippen LogP contribution >= 0.6 is 0 Å². The van der Waals surface area contributed by atoms with Crippen LogP contribution in [0.4, 0.5) is 0 Å². The zero-order chi connectivity index (χ0) is 11.4. The molecule has 0 radical (unpaired) electrons. The lowest BCUT2D eigenvalue weighted by molar-refractivity contribution is -0.119. The van der Waals surface area contributed by atoms with Crippen molar-refractivity contribution in [1.29, 1.82) is 0 Å². The highest BCUT2D eigenvalue weighted by molar-refractivity contribution is 5.81. The molecule has 1 atom stereocenters. The first kappa shape index (κ1) is 12.1. The Balaban J connectivity index is 1.51. The van der Waals surface area contributed by atoms with E-state index in [1.807, 2.05) is 0 Å². The Bertz CT molecular complexity index is 234. The van der Waals surface area contributed by atoms with Crippen LogP contribution in [0, 0.1) is 0 Å². The summed E-state index contributed by atoms with van der Waals surface area (Å²) in [6, 6.07) is 1.57. The summed E-state index contributed by atoms with van der Waals surface area (Å²) >= 11 is 0. The molecule has 0 bridgehead atoms. The Morgan fingerprint density at radius 3 is 2.44 bits per heavy atom. The molecule has 0 aromatic heterocycles. The fourth-order valence-electron chi connectivity index (χ4n) is 2.01. The summed E-state index contributed by atoms with van der Waals surface area (Å²) in [7, 11) is 0. The second-order valence-electron chi connectivity index (χ2n) is 5.33. The van der Waals surface area contributed by atoms with E-state index < -0.39 is 0 Å². The van der Waals surface area contributed by atoms with Crippen LogP contribution in [-0.2, 0) is 4.79 Å². The topological polar surface area (TPSA) is 41.1 Å². The van der Waals surface area contributed by atoms with Crippen molar-refractivity contribution in [3.05, 3.63) is 0 Å². The molecule has 3 nitrogen and oxygen atoms in total. The van der Waals surface area contributed by atoms with Crippen molar-refractivity contribution in [1.82, 2.24) is 10.6 Å². The standard InChI is InChI=1S/C13H24N2O/c1-10(16)13(15-12-7-8-12)4-2-3-9-14-11-5-6-11/h11-15H,2-9H2,1H3/t13-/m0/s1. The molecule has 0 aromatic rings. The van der Waals surface area contributed by atoms with Gasteiger partial charge in [0.25, 0.3) is 0 Å². The highest BCUT2D eigenvalue weighted by atomic mass is 16.1. The van der Waals surface area contributed by atoms with E-state index in [2.05, 4.69) is 10.6 Å². The Hall–Kier alpha value is -0.410. The van der Waals surface area contributed by atoms with Crippen molar-refractivity contribution in [2.45, 2.75) is 70.0 Å². The molecule has 2 rings (SSSR count). The van der Waals surface area contributed by atoms with Crippen LogP contribution in [0.25, 0.3) is 0 Å². The third kappa shape index (κ3) is 4.62. The van der Waals surface area contributed by atoms with Gasteiger partial charge < -0.3 is 10.6 Å². The summed E-state index contributed by atoms with van der Waals surface area (Å²) in [5.41, 5.74) is 0. The predicted molar refractivity (Wildman–Crippen MR) is 65.5 cm³/mol. The molecule has 3 heteroatoms. The summed E-state index contributed by atoms with van der Waals surface area (Å²) in [5.74, 6) is 0.307. The van der Waals surface area contributed by atoms with Crippen molar-refractivity contribution < 1.29 is 4.79 Å². The molecule has 2 aliphatic carbocycles. The van der Waals surface area contributed by atoms with E-state index in [1.165, 1.54) is 32.1 Å². The van der Waals surface area contributed by atoms with Gasteiger partial charge in [0.2, 0.25) is 0 Å². The molecule has 2 aliphatic rings. The lowest BCUT2D eigenvalue weighted by Gasteiger charge is -2.15. The zero-order valence-electron chi connectivity index (χ0n) is 10.3. The summed E-state index contributed by atoms with van der Waals surface area (Å²) in [6.45, 7) is 2.83. The van der Waals surface area contributed by atoms with E-state index in [-0.39, 0.29) is 6.04 Å². The molecule has 2 N–H and O–H groups in total. The molecule has 0 unspecified atom stereocenters. The maximum atomic E-state index is 11.4. The molecular weight excluding hydrogens is 200 g/mol. The monoisotopic (exact) mass is 224 g/mol. The SMILES string of the molecule is CC(=O)[C@H](CCCCNC1CC1)NC1CC1. The molecule has 0 amide bonds. The zero-order valence-corrected chi connectivity index (χ0v) is 10.3. The molecule has 0 aromatic carbocycles. The van der Waals surface area contributed by atoms with E-state index in [9.17, 15) is 4.79 Å². The van der Waals surface area contributed by atoms with Gasteiger partial charge in [0.15, 0.2) is 0 Å². The molecule has 0 saturated heterocycles. The minimum absolute atomic E-state index is 0.119. The van der Waals surface area contributed by atoms with Gasteiger partial charge in [-0.3, -0.25) is 4.79 Å². The summed E-state index contributed by atoms with van der Waals surface area (Å²) in [4.78, 5) is 11.4. The number of hydrogen-bond acceptors (Lipinski definition) is 3. The third-order valence-electron chi connectivity index (χ3n) is 3.43. The Morgan fingerprint density at radius 1 is 1.19 bits per heavy atom. The first-order chi connectivity index (χ1) is 7.75. The van der Waals surface area contributed by atoms with Crippen molar-refractivity contribution in [3.8, 4) is 0 Å². The van der Waals surface area contributed by atoms with Crippen LogP contribution in [0.3, 0.4) is 0 Å². The van der Waals surface area contributed by atoms with Crippen LogP contribution < -0.4 is 10.6 Å². The summed E-state index contributed by atoms with van der Waals surface area (Å²) in [5, 5.41) is 6.94. The van der Waals surface area contributed by atoms with Gasteiger partial charge in [0, 0.05) is 12.1 Å². The molecular formula is C13H24N2O. The van der Waals surface area contributed by atoms with Gasteiger partial charge in [0.05, 0.1) is 6.04 Å².